The summed E-state index contributed by atoms with van der Waals surface area (Å²) in [5.41, 5.74) is 4.45. The zero-order valence-electron chi connectivity index (χ0n) is 12.3. The number of nitrogens with one attached hydrogen (secondary N) is 2. The van der Waals surface area contributed by atoms with E-state index in [0.717, 1.165) is 18.0 Å². The Morgan fingerprint density at radius 1 is 1.45 bits per heavy atom. The highest BCUT2D eigenvalue weighted by atomic mass is 79.9. The van der Waals surface area contributed by atoms with E-state index in [1.54, 1.807) is 6.20 Å². The number of halogens is 1. The molecule has 1 aromatic heterocycles. The quantitative estimate of drug-likeness (QED) is 0.477. The molecule has 0 radical (unpaired) electrons. The number of hydrazone groups is 1. The van der Waals surface area contributed by atoms with Crippen LogP contribution in [0.2, 0.25) is 0 Å². The third-order valence-electron chi connectivity index (χ3n) is 2.80. The Morgan fingerprint density at radius 2 is 2.15 bits per heavy atom. The van der Waals surface area contributed by atoms with E-state index in [-0.39, 0.29) is 17.0 Å². The van der Waals surface area contributed by atoms with E-state index in [2.05, 4.69) is 32.7 Å². The minimum absolute atomic E-state index is 0. The van der Waals surface area contributed by atoms with Crippen LogP contribution in [0, 0.1) is 0 Å². The lowest BCUT2D eigenvalue weighted by Crippen LogP contribution is -2.41. The molecule has 0 aromatic carbocycles. The molecule has 1 rings (SSSR count). The Labute approximate surface area is 136 Å². The molecular formula is C13H22BrN5S. The lowest BCUT2D eigenvalue weighted by atomic mass is 10.3. The molecular weight excluding hydrogens is 338 g/mol. The van der Waals surface area contributed by atoms with E-state index in [1.807, 2.05) is 39.2 Å². The third-order valence-corrected chi connectivity index (χ3v) is 3.04. The molecule has 112 valence electrons. The van der Waals surface area contributed by atoms with Crippen molar-refractivity contribution in [2.24, 2.45) is 5.10 Å². The van der Waals surface area contributed by atoms with Crippen LogP contribution in [0.4, 0.5) is 0 Å². The van der Waals surface area contributed by atoms with Crippen LogP contribution in [0.25, 0.3) is 0 Å². The third kappa shape index (κ3) is 6.93. The SMILES string of the molecule is Br.C/C(=N\NC(=S)NCC(C)N(C)C)c1ccccn1. The number of hydrogen-bond acceptors (Lipinski definition) is 4. The van der Waals surface area contributed by atoms with Crippen molar-refractivity contribution in [2.45, 2.75) is 19.9 Å². The van der Waals surface area contributed by atoms with Gasteiger partial charge in [-0.05, 0) is 52.3 Å². The topological polar surface area (TPSA) is 52.6 Å². The Bertz CT molecular complexity index is 436. The predicted octanol–water partition coefficient (Wildman–Crippen LogP) is 1.80. The van der Waals surface area contributed by atoms with Crippen LogP contribution in [0.3, 0.4) is 0 Å². The van der Waals surface area contributed by atoms with Crippen LogP contribution in [-0.4, -0.2) is 47.4 Å². The fourth-order valence-electron chi connectivity index (χ4n) is 1.23. The summed E-state index contributed by atoms with van der Waals surface area (Å²) in [7, 11) is 4.07. The average Bonchev–Trinajstić information content (AvgIpc) is 2.42. The van der Waals surface area contributed by atoms with Crippen molar-refractivity contribution in [1.29, 1.82) is 0 Å². The summed E-state index contributed by atoms with van der Waals surface area (Å²) in [6, 6.07) is 6.11. The van der Waals surface area contributed by atoms with E-state index in [0.29, 0.717) is 11.2 Å². The molecule has 0 aliphatic rings. The summed E-state index contributed by atoms with van der Waals surface area (Å²) in [6.45, 7) is 4.79. The minimum Gasteiger partial charge on any atom is -0.360 e. The summed E-state index contributed by atoms with van der Waals surface area (Å²) in [5.74, 6) is 0. The van der Waals surface area contributed by atoms with Gasteiger partial charge in [0.1, 0.15) is 0 Å². The van der Waals surface area contributed by atoms with Crippen molar-refractivity contribution < 1.29 is 0 Å². The molecule has 0 aliphatic carbocycles. The van der Waals surface area contributed by atoms with Gasteiger partial charge in [-0.15, -0.1) is 17.0 Å². The average molecular weight is 360 g/mol. The van der Waals surface area contributed by atoms with Gasteiger partial charge in [-0.25, -0.2) is 0 Å². The van der Waals surface area contributed by atoms with Crippen molar-refractivity contribution in [3.63, 3.8) is 0 Å². The molecule has 0 fully saturated rings. The lowest BCUT2D eigenvalue weighted by molar-refractivity contribution is 0.313. The molecule has 1 unspecified atom stereocenters. The van der Waals surface area contributed by atoms with Gasteiger partial charge < -0.3 is 10.2 Å². The molecule has 0 spiro atoms. The zero-order chi connectivity index (χ0) is 14.3. The molecule has 0 bridgehead atoms. The molecule has 1 heterocycles. The molecule has 0 saturated carbocycles. The number of rotatable bonds is 5. The van der Waals surface area contributed by atoms with Gasteiger partial charge in [0, 0.05) is 18.8 Å². The van der Waals surface area contributed by atoms with Crippen molar-refractivity contribution in [3.05, 3.63) is 30.1 Å². The van der Waals surface area contributed by atoms with Crippen LogP contribution >= 0.6 is 29.2 Å². The van der Waals surface area contributed by atoms with Crippen molar-refractivity contribution in [1.82, 2.24) is 20.6 Å². The number of nitrogens with zero attached hydrogens (tertiary/aromatic N) is 3. The largest absolute Gasteiger partial charge is 0.360 e. The highest BCUT2D eigenvalue weighted by Crippen LogP contribution is 1.95. The van der Waals surface area contributed by atoms with E-state index in [1.165, 1.54) is 0 Å². The number of pyridine rings is 1. The van der Waals surface area contributed by atoms with Gasteiger partial charge in [0.15, 0.2) is 5.11 Å². The minimum atomic E-state index is 0. The first-order valence-corrected chi connectivity index (χ1v) is 6.57. The number of thiocarbonyl (C=S) groups is 1. The normalized spacial score (nSPS) is 12.6. The van der Waals surface area contributed by atoms with Gasteiger partial charge in [-0.2, -0.15) is 5.10 Å². The van der Waals surface area contributed by atoms with Gasteiger partial charge >= 0.3 is 0 Å². The highest BCUT2D eigenvalue weighted by Gasteiger charge is 2.04. The van der Waals surface area contributed by atoms with Gasteiger partial charge in [0.25, 0.3) is 0 Å². The second kappa shape index (κ2) is 9.79. The second-order valence-electron chi connectivity index (χ2n) is 4.55. The number of hydrogen-bond donors (Lipinski definition) is 2. The molecule has 5 nitrogen and oxygen atoms in total. The Morgan fingerprint density at radius 3 is 2.70 bits per heavy atom. The Kier molecular flexibility index (Phi) is 9.28. The van der Waals surface area contributed by atoms with E-state index in [9.17, 15) is 0 Å². The van der Waals surface area contributed by atoms with Gasteiger partial charge in [0.05, 0.1) is 11.4 Å². The molecule has 1 atom stereocenters. The van der Waals surface area contributed by atoms with Crippen LogP contribution in [0.5, 0.6) is 0 Å². The zero-order valence-corrected chi connectivity index (χ0v) is 14.8. The summed E-state index contributed by atoms with van der Waals surface area (Å²) < 4.78 is 0. The van der Waals surface area contributed by atoms with Crippen LogP contribution in [0.1, 0.15) is 19.5 Å². The predicted molar refractivity (Wildman–Crippen MR) is 93.7 cm³/mol. The molecule has 7 heteroatoms. The fourth-order valence-corrected chi connectivity index (χ4v) is 1.36. The first kappa shape index (κ1) is 18.9. The first-order valence-electron chi connectivity index (χ1n) is 6.16. The first-order chi connectivity index (χ1) is 9.00. The van der Waals surface area contributed by atoms with Crippen molar-refractivity contribution in [2.75, 3.05) is 20.6 Å². The Balaban J connectivity index is 0.00000361. The number of likely N-dealkylation sites (N-methyl/N-ethyl adjacent to an activating group) is 1. The monoisotopic (exact) mass is 359 g/mol. The maximum Gasteiger partial charge on any atom is 0.187 e. The van der Waals surface area contributed by atoms with Crippen LogP contribution in [-0.2, 0) is 0 Å². The summed E-state index contributed by atoms with van der Waals surface area (Å²) in [6.07, 6.45) is 1.74. The Hall–Kier alpha value is -1.05. The lowest BCUT2D eigenvalue weighted by Gasteiger charge is -2.20. The molecule has 20 heavy (non-hydrogen) atoms. The van der Waals surface area contributed by atoms with E-state index in [4.69, 9.17) is 12.2 Å². The maximum atomic E-state index is 5.16. The summed E-state index contributed by atoms with van der Waals surface area (Å²) >= 11 is 5.16. The standard InChI is InChI=1S/C13H21N5S.BrH/c1-10(18(3)4)9-15-13(19)17-16-11(2)12-7-5-6-8-14-12;/h5-8,10H,9H2,1-4H3,(H2,15,17,19);1H/b16-11+;. The summed E-state index contributed by atoms with van der Waals surface area (Å²) in [4.78, 5) is 6.34. The number of aromatic nitrogens is 1. The second-order valence-corrected chi connectivity index (χ2v) is 4.95. The van der Waals surface area contributed by atoms with Crippen molar-refractivity contribution >= 4 is 40.0 Å². The van der Waals surface area contributed by atoms with E-state index >= 15 is 0 Å². The molecule has 0 aliphatic heterocycles. The van der Waals surface area contributed by atoms with Gasteiger partial charge in [-0.3, -0.25) is 10.4 Å². The highest BCUT2D eigenvalue weighted by molar-refractivity contribution is 8.93. The van der Waals surface area contributed by atoms with E-state index < -0.39 is 0 Å². The smallest absolute Gasteiger partial charge is 0.187 e. The van der Waals surface area contributed by atoms with Gasteiger partial charge in [0.2, 0.25) is 0 Å². The molecule has 2 N–H and O–H groups in total. The maximum absolute atomic E-state index is 5.16. The molecule has 0 amide bonds. The summed E-state index contributed by atoms with van der Waals surface area (Å²) in [5, 5.41) is 7.84. The van der Waals surface area contributed by atoms with Crippen LogP contribution in [0.15, 0.2) is 29.5 Å². The van der Waals surface area contributed by atoms with Crippen molar-refractivity contribution in [3.8, 4) is 0 Å². The molecule has 0 saturated heterocycles. The van der Waals surface area contributed by atoms with Crippen LogP contribution < -0.4 is 10.7 Å². The fraction of sp³-hybridized carbons (Fsp3) is 0.462. The van der Waals surface area contributed by atoms with Gasteiger partial charge in [-0.1, -0.05) is 6.07 Å². The molecule has 1 aromatic rings.